The van der Waals surface area contributed by atoms with E-state index in [-0.39, 0.29) is 12.5 Å². The highest BCUT2D eigenvalue weighted by Gasteiger charge is 2.22. The summed E-state index contributed by atoms with van der Waals surface area (Å²) in [6.07, 6.45) is 3.26. The van der Waals surface area contributed by atoms with Crippen LogP contribution in [0.2, 0.25) is 0 Å². The molecule has 1 atom stereocenters. The second kappa shape index (κ2) is 8.79. The van der Waals surface area contributed by atoms with Gasteiger partial charge in [-0.15, -0.1) is 0 Å². The van der Waals surface area contributed by atoms with E-state index in [0.717, 1.165) is 70.6 Å². The number of benzene rings is 1. The average Bonchev–Trinajstić information content (AvgIpc) is 3.19. The molecule has 5 nitrogen and oxygen atoms in total. The van der Waals surface area contributed by atoms with Crippen molar-refractivity contribution in [1.82, 2.24) is 14.7 Å². The summed E-state index contributed by atoms with van der Waals surface area (Å²) in [6.45, 7) is 9.23. The van der Waals surface area contributed by atoms with Crippen molar-refractivity contribution < 1.29 is 9.90 Å². The van der Waals surface area contributed by atoms with Crippen LogP contribution in [0.25, 0.3) is 0 Å². The van der Waals surface area contributed by atoms with Gasteiger partial charge in [0, 0.05) is 57.4 Å². The SMILES string of the molecule is CCC(CO)N1CCN(Cc2ccc(C(=O)N3CCCC3)cc2)CC1. The van der Waals surface area contributed by atoms with Crippen LogP contribution in [0.15, 0.2) is 24.3 Å². The molecular formula is C20H31N3O2. The monoisotopic (exact) mass is 345 g/mol. The topological polar surface area (TPSA) is 47.0 Å². The summed E-state index contributed by atoms with van der Waals surface area (Å²) in [7, 11) is 0. The third-order valence-electron chi connectivity index (χ3n) is 5.61. The molecule has 2 heterocycles. The van der Waals surface area contributed by atoms with Gasteiger partial charge in [-0.1, -0.05) is 19.1 Å². The van der Waals surface area contributed by atoms with Gasteiger partial charge < -0.3 is 10.0 Å². The molecule has 2 aliphatic rings. The van der Waals surface area contributed by atoms with Crippen molar-refractivity contribution in [1.29, 1.82) is 0 Å². The summed E-state index contributed by atoms with van der Waals surface area (Å²) < 4.78 is 0. The molecule has 138 valence electrons. The van der Waals surface area contributed by atoms with Crippen LogP contribution >= 0.6 is 0 Å². The van der Waals surface area contributed by atoms with Gasteiger partial charge >= 0.3 is 0 Å². The van der Waals surface area contributed by atoms with Gasteiger partial charge in [0.2, 0.25) is 0 Å². The number of piperazine rings is 1. The Morgan fingerprint density at radius 3 is 2.24 bits per heavy atom. The molecule has 1 unspecified atom stereocenters. The Bertz CT molecular complexity index is 543. The maximum Gasteiger partial charge on any atom is 0.253 e. The molecular weight excluding hydrogens is 314 g/mol. The Morgan fingerprint density at radius 1 is 1.04 bits per heavy atom. The number of carbonyl (C=O) groups is 1. The quantitative estimate of drug-likeness (QED) is 0.854. The molecule has 1 N–H and O–H groups in total. The van der Waals surface area contributed by atoms with Crippen molar-refractivity contribution in [3.8, 4) is 0 Å². The molecule has 1 amide bonds. The highest BCUT2D eigenvalue weighted by molar-refractivity contribution is 5.94. The van der Waals surface area contributed by atoms with Crippen molar-refractivity contribution in [3.05, 3.63) is 35.4 Å². The predicted molar refractivity (Wildman–Crippen MR) is 99.6 cm³/mol. The lowest BCUT2D eigenvalue weighted by Gasteiger charge is -2.38. The number of nitrogens with zero attached hydrogens (tertiary/aromatic N) is 3. The standard InChI is InChI=1S/C20H31N3O2/c1-2-19(16-24)22-13-11-21(12-14-22)15-17-5-7-18(8-6-17)20(25)23-9-3-4-10-23/h5-8,19,24H,2-4,9-16H2,1H3. The van der Waals surface area contributed by atoms with Crippen LogP contribution in [0.3, 0.4) is 0 Å². The van der Waals surface area contributed by atoms with Crippen LogP contribution < -0.4 is 0 Å². The van der Waals surface area contributed by atoms with Crippen LogP contribution in [0.5, 0.6) is 0 Å². The number of carbonyl (C=O) groups excluding carboxylic acids is 1. The molecule has 1 aromatic carbocycles. The fraction of sp³-hybridized carbons (Fsp3) is 0.650. The molecule has 3 rings (SSSR count). The lowest BCUT2D eigenvalue weighted by molar-refractivity contribution is 0.0608. The second-order valence-electron chi connectivity index (χ2n) is 7.25. The normalized spacial score (nSPS) is 20.8. The Morgan fingerprint density at radius 2 is 1.68 bits per heavy atom. The zero-order chi connectivity index (χ0) is 17.6. The number of aliphatic hydroxyl groups excluding tert-OH is 1. The van der Waals surface area contributed by atoms with E-state index in [9.17, 15) is 9.90 Å². The number of likely N-dealkylation sites (tertiary alicyclic amines) is 1. The first kappa shape index (κ1) is 18.4. The van der Waals surface area contributed by atoms with E-state index in [1.54, 1.807) is 0 Å². The van der Waals surface area contributed by atoms with Crippen molar-refractivity contribution >= 4 is 5.91 Å². The van der Waals surface area contributed by atoms with E-state index in [2.05, 4.69) is 28.9 Å². The lowest BCUT2D eigenvalue weighted by atomic mass is 10.1. The molecule has 0 radical (unpaired) electrons. The lowest BCUT2D eigenvalue weighted by Crippen LogP contribution is -2.50. The Labute approximate surface area is 151 Å². The van der Waals surface area contributed by atoms with Crippen LogP contribution in [-0.2, 0) is 6.54 Å². The molecule has 0 aromatic heterocycles. The highest BCUT2D eigenvalue weighted by Crippen LogP contribution is 2.16. The largest absolute Gasteiger partial charge is 0.395 e. The molecule has 0 aliphatic carbocycles. The molecule has 5 heteroatoms. The summed E-state index contributed by atoms with van der Waals surface area (Å²) in [6, 6.07) is 8.45. The smallest absolute Gasteiger partial charge is 0.253 e. The predicted octanol–water partition coefficient (Wildman–Crippen LogP) is 1.81. The molecule has 0 bridgehead atoms. The first-order chi connectivity index (χ1) is 12.2. The Balaban J connectivity index is 1.50. The summed E-state index contributed by atoms with van der Waals surface area (Å²) in [5.74, 6) is 0.173. The first-order valence-corrected chi connectivity index (χ1v) is 9.66. The van der Waals surface area contributed by atoms with Gasteiger partial charge in [0.15, 0.2) is 0 Å². The van der Waals surface area contributed by atoms with Gasteiger partial charge in [-0.2, -0.15) is 0 Å². The molecule has 2 fully saturated rings. The van der Waals surface area contributed by atoms with Gasteiger partial charge in [0.1, 0.15) is 0 Å². The van der Waals surface area contributed by atoms with E-state index < -0.39 is 0 Å². The summed E-state index contributed by atoms with van der Waals surface area (Å²) in [5, 5.41) is 9.44. The van der Waals surface area contributed by atoms with E-state index in [1.807, 2.05) is 17.0 Å². The van der Waals surface area contributed by atoms with Crippen LogP contribution in [0.1, 0.15) is 42.1 Å². The summed E-state index contributed by atoms with van der Waals surface area (Å²) in [4.78, 5) is 19.2. The molecule has 25 heavy (non-hydrogen) atoms. The van der Waals surface area contributed by atoms with Gasteiger partial charge in [-0.3, -0.25) is 14.6 Å². The van der Waals surface area contributed by atoms with Gasteiger partial charge in [-0.25, -0.2) is 0 Å². The number of aliphatic hydroxyl groups is 1. The average molecular weight is 345 g/mol. The molecule has 2 saturated heterocycles. The summed E-state index contributed by atoms with van der Waals surface area (Å²) >= 11 is 0. The zero-order valence-electron chi connectivity index (χ0n) is 15.4. The van der Waals surface area contributed by atoms with Crippen LogP contribution in [-0.4, -0.2) is 77.6 Å². The maximum absolute atomic E-state index is 12.4. The highest BCUT2D eigenvalue weighted by atomic mass is 16.3. The van der Waals surface area contributed by atoms with Crippen LogP contribution in [0.4, 0.5) is 0 Å². The van der Waals surface area contributed by atoms with Crippen LogP contribution in [0, 0.1) is 0 Å². The number of hydrogen-bond donors (Lipinski definition) is 1. The zero-order valence-corrected chi connectivity index (χ0v) is 15.4. The summed E-state index contributed by atoms with van der Waals surface area (Å²) in [5.41, 5.74) is 2.07. The third kappa shape index (κ3) is 4.60. The third-order valence-corrected chi connectivity index (χ3v) is 5.61. The minimum Gasteiger partial charge on any atom is -0.395 e. The van der Waals surface area contributed by atoms with E-state index >= 15 is 0 Å². The van der Waals surface area contributed by atoms with E-state index in [4.69, 9.17) is 0 Å². The van der Waals surface area contributed by atoms with Crippen molar-refractivity contribution in [2.45, 2.75) is 38.8 Å². The van der Waals surface area contributed by atoms with Crippen molar-refractivity contribution in [2.24, 2.45) is 0 Å². The van der Waals surface area contributed by atoms with Gasteiger partial charge in [0.25, 0.3) is 5.91 Å². The number of rotatable bonds is 6. The number of amides is 1. The van der Waals surface area contributed by atoms with E-state index in [1.165, 1.54) is 5.56 Å². The first-order valence-electron chi connectivity index (χ1n) is 9.66. The molecule has 0 spiro atoms. The molecule has 1 aromatic rings. The fourth-order valence-electron chi connectivity index (χ4n) is 3.90. The second-order valence-corrected chi connectivity index (χ2v) is 7.25. The Kier molecular flexibility index (Phi) is 6.45. The number of hydrogen-bond acceptors (Lipinski definition) is 4. The van der Waals surface area contributed by atoms with Gasteiger partial charge in [-0.05, 0) is 37.0 Å². The minimum absolute atomic E-state index is 0.173. The molecule has 0 saturated carbocycles. The van der Waals surface area contributed by atoms with Crippen molar-refractivity contribution in [2.75, 3.05) is 45.9 Å². The minimum atomic E-state index is 0.173. The fourth-order valence-corrected chi connectivity index (χ4v) is 3.90. The van der Waals surface area contributed by atoms with Crippen molar-refractivity contribution in [3.63, 3.8) is 0 Å². The maximum atomic E-state index is 12.4. The van der Waals surface area contributed by atoms with Gasteiger partial charge in [0.05, 0.1) is 6.61 Å². The van der Waals surface area contributed by atoms with E-state index in [0.29, 0.717) is 6.04 Å². The Hall–Kier alpha value is -1.43. The molecule has 2 aliphatic heterocycles.